The van der Waals surface area contributed by atoms with Gasteiger partial charge in [-0.2, -0.15) is 13.2 Å². The molecule has 0 saturated heterocycles. The average molecular weight is 513 g/mol. The molecule has 180 valence electrons. The summed E-state index contributed by atoms with van der Waals surface area (Å²) in [5.41, 5.74) is 1.32. The van der Waals surface area contributed by atoms with Crippen molar-refractivity contribution in [1.29, 1.82) is 0 Å². The third kappa shape index (κ3) is 6.42. The molecule has 0 aliphatic rings. The first-order valence-electron chi connectivity index (χ1n) is 9.85. The summed E-state index contributed by atoms with van der Waals surface area (Å²) in [6.07, 6.45) is -4.62. The Morgan fingerprint density at radius 3 is 2.41 bits per heavy atom. The van der Waals surface area contributed by atoms with Crippen molar-refractivity contribution in [3.8, 4) is 5.75 Å². The Kier molecular flexibility index (Phi) is 7.42. The zero-order valence-electron chi connectivity index (χ0n) is 18.0. The number of anilines is 2. The van der Waals surface area contributed by atoms with E-state index < -0.39 is 27.7 Å². The zero-order chi connectivity index (χ0) is 25.1. The van der Waals surface area contributed by atoms with Crippen molar-refractivity contribution in [2.24, 2.45) is 0 Å². The maximum Gasteiger partial charge on any atom is 0.416 e. The summed E-state index contributed by atoms with van der Waals surface area (Å²) in [6.45, 7) is 3.41. The van der Waals surface area contributed by atoms with E-state index in [1.807, 2.05) is 26.0 Å². The van der Waals surface area contributed by atoms with Gasteiger partial charge >= 0.3 is 6.18 Å². The Labute approximate surface area is 199 Å². The maximum absolute atomic E-state index is 12.9. The Hall–Kier alpha value is -3.24. The molecule has 0 spiro atoms. The van der Waals surface area contributed by atoms with Crippen LogP contribution in [-0.2, 0) is 21.0 Å². The molecule has 3 rings (SSSR count). The lowest BCUT2D eigenvalue weighted by Crippen LogP contribution is -2.21. The first-order chi connectivity index (χ1) is 15.8. The molecule has 11 heteroatoms. The molecule has 0 bridgehead atoms. The molecule has 3 aromatic carbocycles. The van der Waals surface area contributed by atoms with Gasteiger partial charge in [0, 0.05) is 11.4 Å². The molecule has 3 aromatic rings. The summed E-state index contributed by atoms with van der Waals surface area (Å²) < 4.78 is 71.3. The van der Waals surface area contributed by atoms with E-state index in [0.717, 1.165) is 29.3 Å². The number of hydrogen-bond donors (Lipinski definition) is 2. The molecule has 0 aromatic heterocycles. The minimum atomic E-state index is -4.62. The van der Waals surface area contributed by atoms with Crippen LogP contribution < -0.4 is 14.8 Å². The van der Waals surface area contributed by atoms with Crippen molar-refractivity contribution in [3.63, 3.8) is 0 Å². The standard InChI is InChI=1S/C23H20ClF3N2O4S/c1-14-6-8-20(15(2)10-14)28-22(30)13-33-21-9-7-18(12-19(21)24)34(31,32)29-17-5-3-4-16(11-17)23(25,26)27/h3-12,29H,13H2,1-2H3,(H,28,30). The number of carbonyl (C=O) groups excluding carboxylic acids is 1. The van der Waals surface area contributed by atoms with Gasteiger partial charge in [0.25, 0.3) is 15.9 Å². The van der Waals surface area contributed by atoms with Gasteiger partial charge in [0.2, 0.25) is 0 Å². The Balaban J connectivity index is 1.67. The fourth-order valence-electron chi connectivity index (χ4n) is 3.02. The summed E-state index contributed by atoms with van der Waals surface area (Å²) in [5, 5.41) is 2.62. The van der Waals surface area contributed by atoms with Crippen LogP contribution in [0.4, 0.5) is 24.5 Å². The monoisotopic (exact) mass is 512 g/mol. The maximum atomic E-state index is 12.9. The topological polar surface area (TPSA) is 84.5 Å². The molecule has 0 radical (unpaired) electrons. The van der Waals surface area contributed by atoms with E-state index in [1.165, 1.54) is 18.2 Å². The highest BCUT2D eigenvalue weighted by Crippen LogP contribution is 2.32. The first-order valence-corrected chi connectivity index (χ1v) is 11.7. The summed E-state index contributed by atoms with van der Waals surface area (Å²) >= 11 is 6.11. The van der Waals surface area contributed by atoms with Crippen LogP contribution in [0.25, 0.3) is 0 Å². The van der Waals surface area contributed by atoms with Crippen LogP contribution in [0.5, 0.6) is 5.75 Å². The molecule has 0 fully saturated rings. The number of rotatable bonds is 7. The molecule has 0 unspecified atom stereocenters. The highest BCUT2D eigenvalue weighted by molar-refractivity contribution is 7.92. The molecular formula is C23H20ClF3N2O4S. The van der Waals surface area contributed by atoms with Gasteiger partial charge in [-0.15, -0.1) is 0 Å². The second kappa shape index (κ2) is 9.94. The summed E-state index contributed by atoms with van der Waals surface area (Å²) in [6, 6.07) is 12.8. The fourth-order valence-corrected chi connectivity index (χ4v) is 4.40. The van der Waals surface area contributed by atoms with Crippen molar-refractivity contribution < 1.29 is 31.1 Å². The van der Waals surface area contributed by atoms with Crippen LogP contribution in [0.1, 0.15) is 16.7 Å². The Morgan fingerprint density at radius 2 is 1.76 bits per heavy atom. The van der Waals surface area contributed by atoms with E-state index in [2.05, 4.69) is 10.0 Å². The number of alkyl halides is 3. The third-order valence-corrected chi connectivity index (χ3v) is 6.34. The average Bonchev–Trinajstić information content (AvgIpc) is 2.74. The highest BCUT2D eigenvalue weighted by Gasteiger charge is 2.30. The predicted molar refractivity (Wildman–Crippen MR) is 124 cm³/mol. The van der Waals surface area contributed by atoms with Crippen molar-refractivity contribution in [2.45, 2.75) is 24.9 Å². The SMILES string of the molecule is Cc1ccc(NC(=O)COc2ccc(S(=O)(=O)Nc3cccc(C(F)(F)F)c3)cc2Cl)c(C)c1. The van der Waals surface area contributed by atoms with Crippen molar-refractivity contribution >= 4 is 38.9 Å². The number of sulfonamides is 1. The van der Waals surface area contributed by atoms with E-state index in [9.17, 15) is 26.4 Å². The number of benzene rings is 3. The van der Waals surface area contributed by atoms with Crippen molar-refractivity contribution in [3.05, 3.63) is 82.4 Å². The van der Waals surface area contributed by atoms with E-state index in [4.69, 9.17) is 16.3 Å². The number of amides is 1. The number of carbonyl (C=O) groups is 1. The smallest absolute Gasteiger partial charge is 0.416 e. The van der Waals surface area contributed by atoms with Gasteiger partial charge in [0.05, 0.1) is 15.5 Å². The predicted octanol–water partition coefficient (Wildman–Crippen LogP) is 5.79. The van der Waals surface area contributed by atoms with Crippen molar-refractivity contribution in [1.82, 2.24) is 0 Å². The van der Waals surface area contributed by atoms with Gasteiger partial charge in [0.15, 0.2) is 6.61 Å². The molecule has 0 aliphatic carbocycles. The van der Waals surface area contributed by atoms with E-state index in [-0.39, 0.29) is 28.0 Å². The number of nitrogens with one attached hydrogen (secondary N) is 2. The molecule has 1 amide bonds. The van der Waals surface area contributed by atoms with E-state index >= 15 is 0 Å². The van der Waals surface area contributed by atoms with Crippen LogP contribution in [0, 0.1) is 13.8 Å². The summed E-state index contributed by atoms with van der Waals surface area (Å²) in [7, 11) is -4.23. The van der Waals surface area contributed by atoms with Crippen LogP contribution in [0.15, 0.2) is 65.6 Å². The summed E-state index contributed by atoms with van der Waals surface area (Å²) in [4.78, 5) is 11.9. The molecule has 0 heterocycles. The Morgan fingerprint density at radius 1 is 1.03 bits per heavy atom. The molecule has 0 aliphatic heterocycles. The summed E-state index contributed by atoms with van der Waals surface area (Å²) in [5.74, 6) is -0.374. The number of ether oxygens (including phenoxy) is 1. The quantitative estimate of drug-likeness (QED) is 0.419. The zero-order valence-corrected chi connectivity index (χ0v) is 19.6. The molecule has 0 saturated carbocycles. The lowest BCUT2D eigenvalue weighted by molar-refractivity contribution is -0.137. The van der Waals surface area contributed by atoms with Gasteiger partial charge in [-0.05, 0) is 61.9 Å². The Bertz CT molecular complexity index is 1330. The van der Waals surface area contributed by atoms with E-state index in [1.54, 1.807) is 6.07 Å². The highest BCUT2D eigenvalue weighted by atomic mass is 35.5. The van der Waals surface area contributed by atoms with Gasteiger partial charge in [-0.3, -0.25) is 9.52 Å². The van der Waals surface area contributed by atoms with Gasteiger partial charge in [-0.1, -0.05) is 35.4 Å². The minimum Gasteiger partial charge on any atom is -0.482 e. The minimum absolute atomic E-state index is 0.0652. The second-order valence-electron chi connectivity index (χ2n) is 7.43. The first kappa shape index (κ1) is 25.4. The number of aryl methyl sites for hydroxylation is 2. The van der Waals surface area contributed by atoms with Crippen LogP contribution in [0.3, 0.4) is 0 Å². The fraction of sp³-hybridized carbons (Fsp3) is 0.174. The van der Waals surface area contributed by atoms with Crippen LogP contribution in [-0.4, -0.2) is 20.9 Å². The lowest BCUT2D eigenvalue weighted by Gasteiger charge is -2.13. The van der Waals surface area contributed by atoms with Gasteiger partial charge in [0.1, 0.15) is 5.75 Å². The van der Waals surface area contributed by atoms with Crippen LogP contribution in [0.2, 0.25) is 5.02 Å². The molecular weight excluding hydrogens is 493 g/mol. The van der Waals surface area contributed by atoms with E-state index in [0.29, 0.717) is 11.8 Å². The van der Waals surface area contributed by atoms with Gasteiger partial charge in [-0.25, -0.2) is 8.42 Å². The lowest BCUT2D eigenvalue weighted by atomic mass is 10.1. The molecule has 2 N–H and O–H groups in total. The van der Waals surface area contributed by atoms with Crippen molar-refractivity contribution in [2.75, 3.05) is 16.6 Å². The van der Waals surface area contributed by atoms with Gasteiger partial charge < -0.3 is 10.1 Å². The largest absolute Gasteiger partial charge is 0.482 e. The second-order valence-corrected chi connectivity index (χ2v) is 9.52. The molecule has 34 heavy (non-hydrogen) atoms. The van der Waals surface area contributed by atoms with Crippen LogP contribution >= 0.6 is 11.6 Å². The molecule has 0 atom stereocenters. The number of hydrogen-bond acceptors (Lipinski definition) is 4. The normalized spacial score (nSPS) is 11.7. The molecule has 6 nitrogen and oxygen atoms in total. The number of halogens is 4. The third-order valence-electron chi connectivity index (χ3n) is 4.67.